The number of ether oxygens (including phenoxy) is 1. The van der Waals surface area contributed by atoms with Crippen molar-refractivity contribution in [2.45, 2.75) is 12.8 Å². The summed E-state index contributed by atoms with van der Waals surface area (Å²) in [5.74, 6) is 2.80. The van der Waals surface area contributed by atoms with E-state index in [1.165, 1.54) is 18.2 Å². The first-order valence-corrected chi connectivity index (χ1v) is 4.99. The molecule has 0 bridgehead atoms. The van der Waals surface area contributed by atoms with Crippen molar-refractivity contribution in [3.63, 3.8) is 0 Å². The first kappa shape index (κ1) is 12.7. The molecule has 0 saturated heterocycles. The summed E-state index contributed by atoms with van der Waals surface area (Å²) in [7, 11) is 0. The Hall–Kier alpha value is -2.35. The third-order valence-electron chi connectivity index (χ3n) is 2.05. The van der Waals surface area contributed by atoms with Crippen LogP contribution in [0.4, 0.5) is 5.69 Å². The van der Waals surface area contributed by atoms with E-state index in [2.05, 4.69) is 5.92 Å². The number of unbranched alkanes of at least 4 members (excludes halogenated alkanes) is 1. The lowest BCUT2D eigenvalue weighted by Gasteiger charge is -2.06. The van der Waals surface area contributed by atoms with E-state index in [-0.39, 0.29) is 11.3 Å². The number of nitro groups is 1. The minimum Gasteiger partial charge on any atom is -0.493 e. The van der Waals surface area contributed by atoms with Crippen molar-refractivity contribution in [1.82, 2.24) is 0 Å². The Morgan fingerprint density at radius 1 is 1.53 bits per heavy atom. The summed E-state index contributed by atoms with van der Waals surface area (Å²) in [5, 5.41) is 10.5. The summed E-state index contributed by atoms with van der Waals surface area (Å²) in [6.07, 6.45) is 6.87. The van der Waals surface area contributed by atoms with Gasteiger partial charge < -0.3 is 4.74 Å². The van der Waals surface area contributed by atoms with Gasteiger partial charge in [0, 0.05) is 18.6 Å². The molecule has 0 aromatic heterocycles. The summed E-state index contributed by atoms with van der Waals surface area (Å²) in [6.45, 7) is 0.378. The molecule has 0 amide bonds. The lowest BCUT2D eigenvalue weighted by Crippen LogP contribution is -2.00. The number of aldehydes is 1. The molecule has 0 unspecified atom stereocenters. The highest BCUT2D eigenvalue weighted by molar-refractivity contribution is 5.80. The number of nitrogens with zero attached hydrogens (tertiary/aromatic N) is 1. The molecule has 1 aromatic rings. The lowest BCUT2D eigenvalue weighted by molar-refractivity contribution is -0.384. The molecule has 0 heterocycles. The van der Waals surface area contributed by atoms with E-state index in [9.17, 15) is 14.9 Å². The van der Waals surface area contributed by atoms with Gasteiger partial charge in [0.25, 0.3) is 5.69 Å². The SMILES string of the molecule is C#CCCCOc1ccc([N+](=O)[O-])cc1C=O. The highest BCUT2D eigenvalue weighted by Gasteiger charge is 2.10. The van der Waals surface area contributed by atoms with Gasteiger partial charge >= 0.3 is 0 Å². The molecule has 5 heteroatoms. The Balaban J connectivity index is 2.76. The molecule has 0 aliphatic heterocycles. The number of hydrogen-bond acceptors (Lipinski definition) is 4. The summed E-state index contributed by atoms with van der Waals surface area (Å²) in [5.41, 5.74) is 0.0305. The van der Waals surface area contributed by atoms with Crippen molar-refractivity contribution in [2.75, 3.05) is 6.61 Å². The van der Waals surface area contributed by atoms with E-state index in [0.29, 0.717) is 31.5 Å². The van der Waals surface area contributed by atoms with E-state index in [0.717, 1.165) is 0 Å². The van der Waals surface area contributed by atoms with Gasteiger partial charge in [0.2, 0.25) is 0 Å². The lowest BCUT2D eigenvalue weighted by atomic mass is 10.2. The summed E-state index contributed by atoms with van der Waals surface area (Å²) < 4.78 is 5.32. The van der Waals surface area contributed by atoms with Crippen molar-refractivity contribution in [2.24, 2.45) is 0 Å². The zero-order valence-electron chi connectivity index (χ0n) is 9.09. The van der Waals surface area contributed by atoms with Crippen molar-refractivity contribution in [3.8, 4) is 18.1 Å². The third-order valence-corrected chi connectivity index (χ3v) is 2.05. The van der Waals surface area contributed by atoms with Gasteiger partial charge in [-0.3, -0.25) is 14.9 Å². The first-order chi connectivity index (χ1) is 8.19. The summed E-state index contributed by atoms with van der Waals surface area (Å²) in [4.78, 5) is 20.7. The molecular weight excluding hydrogens is 222 g/mol. The standard InChI is InChI=1S/C12H11NO4/c1-2-3-4-7-17-12-6-5-11(13(15)16)8-10(12)9-14/h1,5-6,8-9H,3-4,7H2. The average Bonchev–Trinajstić information content (AvgIpc) is 2.34. The molecule has 0 radical (unpaired) electrons. The van der Waals surface area contributed by atoms with Gasteiger partial charge in [-0.05, 0) is 12.5 Å². The second kappa shape index (κ2) is 6.28. The molecule has 0 atom stereocenters. The van der Waals surface area contributed by atoms with Crippen LogP contribution in [0, 0.1) is 22.5 Å². The van der Waals surface area contributed by atoms with Crippen molar-refractivity contribution in [3.05, 3.63) is 33.9 Å². The monoisotopic (exact) mass is 233 g/mol. The van der Waals surface area contributed by atoms with E-state index < -0.39 is 4.92 Å². The fourth-order valence-corrected chi connectivity index (χ4v) is 1.23. The topological polar surface area (TPSA) is 69.4 Å². The molecule has 0 aliphatic rings. The van der Waals surface area contributed by atoms with Crippen LogP contribution >= 0.6 is 0 Å². The van der Waals surface area contributed by atoms with Crippen LogP contribution in [-0.2, 0) is 0 Å². The van der Waals surface area contributed by atoms with E-state index >= 15 is 0 Å². The maximum Gasteiger partial charge on any atom is 0.270 e. The molecule has 0 saturated carbocycles. The molecule has 1 aromatic carbocycles. The number of carbonyl (C=O) groups excluding carboxylic acids is 1. The van der Waals surface area contributed by atoms with E-state index in [1.807, 2.05) is 0 Å². The van der Waals surface area contributed by atoms with E-state index in [4.69, 9.17) is 11.2 Å². The largest absolute Gasteiger partial charge is 0.493 e. The number of hydrogen-bond donors (Lipinski definition) is 0. The summed E-state index contributed by atoms with van der Waals surface area (Å²) >= 11 is 0. The Kier molecular flexibility index (Phi) is 4.70. The molecule has 0 fully saturated rings. The maximum atomic E-state index is 10.8. The van der Waals surface area contributed by atoms with Crippen LogP contribution in [0.2, 0.25) is 0 Å². The predicted octanol–water partition coefficient (Wildman–Crippen LogP) is 2.20. The predicted molar refractivity (Wildman–Crippen MR) is 62.0 cm³/mol. The number of rotatable bonds is 6. The molecule has 0 spiro atoms. The quantitative estimate of drug-likeness (QED) is 0.248. The highest BCUT2D eigenvalue weighted by atomic mass is 16.6. The Morgan fingerprint density at radius 2 is 2.29 bits per heavy atom. The van der Waals surface area contributed by atoms with Crippen LogP contribution in [0.25, 0.3) is 0 Å². The fraction of sp³-hybridized carbons (Fsp3) is 0.250. The normalized spacial score (nSPS) is 9.35. The van der Waals surface area contributed by atoms with Crippen LogP contribution in [-0.4, -0.2) is 17.8 Å². The minimum atomic E-state index is -0.560. The zero-order chi connectivity index (χ0) is 12.7. The molecule has 0 N–H and O–H groups in total. The maximum absolute atomic E-state index is 10.8. The summed E-state index contributed by atoms with van der Waals surface area (Å²) in [6, 6.07) is 3.89. The van der Waals surface area contributed by atoms with Gasteiger partial charge in [-0.25, -0.2) is 0 Å². The Morgan fingerprint density at radius 3 is 2.88 bits per heavy atom. The number of nitro benzene ring substituents is 1. The van der Waals surface area contributed by atoms with Gasteiger partial charge in [-0.1, -0.05) is 0 Å². The van der Waals surface area contributed by atoms with Gasteiger partial charge in [0.1, 0.15) is 5.75 Å². The molecular formula is C12H11NO4. The van der Waals surface area contributed by atoms with Crippen molar-refractivity contribution >= 4 is 12.0 Å². The van der Waals surface area contributed by atoms with Crippen LogP contribution in [0.15, 0.2) is 18.2 Å². The molecule has 1 rings (SSSR count). The molecule has 17 heavy (non-hydrogen) atoms. The van der Waals surface area contributed by atoms with Crippen LogP contribution in [0.3, 0.4) is 0 Å². The van der Waals surface area contributed by atoms with Crippen molar-refractivity contribution < 1.29 is 14.5 Å². The molecule has 5 nitrogen and oxygen atoms in total. The number of terminal acetylenes is 1. The van der Waals surface area contributed by atoms with Gasteiger partial charge in [-0.2, -0.15) is 0 Å². The van der Waals surface area contributed by atoms with Crippen LogP contribution in [0.5, 0.6) is 5.75 Å². The average molecular weight is 233 g/mol. The Labute approximate surface area is 98.5 Å². The molecule has 0 aliphatic carbocycles. The van der Waals surface area contributed by atoms with Gasteiger partial charge in [-0.15, -0.1) is 12.3 Å². The molecule has 88 valence electrons. The first-order valence-electron chi connectivity index (χ1n) is 4.99. The minimum absolute atomic E-state index is 0.136. The third kappa shape index (κ3) is 3.61. The number of carbonyl (C=O) groups is 1. The Bertz CT molecular complexity index is 462. The second-order valence-corrected chi connectivity index (χ2v) is 3.25. The second-order valence-electron chi connectivity index (χ2n) is 3.25. The van der Waals surface area contributed by atoms with Crippen molar-refractivity contribution in [1.29, 1.82) is 0 Å². The van der Waals surface area contributed by atoms with E-state index in [1.54, 1.807) is 0 Å². The van der Waals surface area contributed by atoms with Crippen LogP contribution in [0.1, 0.15) is 23.2 Å². The van der Waals surface area contributed by atoms with Crippen LogP contribution < -0.4 is 4.74 Å². The van der Waals surface area contributed by atoms with Gasteiger partial charge in [0.15, 0.2) is 6.29 Å². The fourth-order valence-electron chi connectivity index (χ4n) is 1.23. The van der Waals surface area contributed by atoms with Gasteiger partial charge in [0.05, 0.1) is 17.1 Å². The smallest absolute Gasteiger partial charge is 0.270 e. The number of non-ortho nitro benzene ring substituents is 1. The zero-order valence-corrected chi connectivity index (χ0v) is 9.09. The number of benzene rings is 1. The highest BCUT2D eigenvalue weighted by Crippen LogP contribution is 2.22.